The molecule has 1 aromatic carbocycles. The lowest BCUT2D eigenvalue weighted by Crippen LogP contribution is -2.26. The number of hydrogen-bond donors (Lipinski definition) is 2. The molecule has 4 nitrogen and oxygen atoms in total. The van der Waals surface area contributed by atoms with Crippen molar-refractivity contribution in [1.82, 2.24) is 10.2 Å². The molecule has 88 valence electrons. The molecular weight excluding hydrogens is 236 g/mol. The summed E-state index contributed by atoms with van der Waals surface area (Å²) in [6, 6.07) is 9.51. The Kier molecular flexibility index (Phi) is 3.49. The highest BCUT2D eigenvalue weighted by molar-refractivity contribution is 7.98. The maximum absolute atomic E-state index is 11.1. The molecule has 0 unspecified atom stereocenters. The Morgan fingerprint density at radius 2 is 1.82 bits per heavy atom. The van der Waals surface area contributed by atoms with Crippen LogP contribution in [0.4, 0.5) is 0 Å². The van der Waals surface area contributed by atoms with Crippen molar-refractivity contribution in [3.8, 4) is 0 Å². The van der Waals surface area contributed by atoms with Crippen molar-refractivity contribution in [2.45, 2.75) is 17.7 Å². The second-order valence-electron chi connectivity index (χ2n) is 3.73. The number of nitrogens with one attached hydrogen (secondary N) is 2. The van der Waals surface area contributed by atoms with Crippen molar-refractivity contribution in [2.75, 3.05) is 0 Å². The summed E-state index contributed by atoms with van der Waals surface area (Å²) in [5, 5.41) is 5.65. The fourth-order valence-corrected chi connectivity index (χ4v) is 2.15. The molecule has 0 spiro atoms. The van der Waals surface area contributed by atoms with E-state index in [-0.39, 0.29) is 0 Å². The molecule has 0 atom stereocenters. The van der Waals surface area contributed by atoms with Crippen LogP contribution in [0.1, 0.15) is 11.1 Å². The third-order valence-corrected chi connectivity index (χ3v) is 3.31. The highest BCUT2D eigenvalue weighted by atomic mass is 32.2. The van der Waals surface area contributed by atoms with Gasteiger partial charge >= 0.3 is 5.56 Å². The number of hydrogen-bond acceptors (Lipinski definition) is 3. The highest BCUT2D eigenvalue weighted by Crippen LogP contribution is 2.18. The van der Waals surface area contributed by atoms with Crippen molar-refractivity contribution >= 4 is 11.8 Å². The Labute approximate surface area is 102 Å². The van der Waals surface area contributed by atoms with Crippen molar-refractivity contribution in [1.29, 1.82) is 0 Å². The first-order valence-electron chi connectivity index (χ1n) is 5.15. The van der Waals surface area contributed by atoms with Crippen LogP contribution in [0.3, 0.4) is 0 Å². The van der Waals surface area contributed by atoms with Crippen LogP contribution in [0.2, 0.25) is 0 Å². The fraction of sp³-hybridized carbons (Fsp3) is 0.167. The zero-order chi connectivity index (χ0) is 12.3. The molecule has 2 aromatic rings. The molecule has 0 amide bonds. The van der Waals surface area contributed by atoms with Crippen LogP contribution in [0.5, 0.6) is 0 Å². The lowest BCUT2D eigenvalue weighted by molar-refractivity contribution is 0.885. The molecule has 2 rings (SSSR count). The Morgan fingerprint density at radius 3 is 2.47 bits per heavy atom. The molecular formula is C12H12N2O2S. The highest BCUT2D eigenvalue weighted by Gasteiger charge is 1.99. The first-order chi connectivity index (χ1) is 8.15. The van der Waals surface area contributed by atoms with Gasteiger partial charge in [-0.3, -0.25) is 19.8 Å². The zero-order valence-corrected chi connectivity index (χ0v) is 10.1. The first-order valence-corrected chi connectivity index (χ1v) is 6.14. The number of benzene rings is 1. The summed E-state index contributed by atoms with van der Waals surface area (Å²) in [5.74, 6) is 0.752. The van der Waals surface area contributed by atoms with Gasteiger partial charge in [-0.15, -0.1) is 11.8 Å². The minimum Gasteiger partial charge on any atom is -0.292 e. The van der Waals surface area contributed by atoms with Crippen LogP contribution >= 0.6 is 11.8 Å². The van der Waals surface area contributed by atoms with Gasteiger partial charge < -0.3 is 0 Å². The molecule has 0 aliphatic rings. The molecule has 0 saturated carbocycles. The third kappa shape index (κ3) is 3.10. The number of thioether (sulfide) groups is 1. The Hall–Kier alpha value is -1.75. The van der Waals surface area contributed by atoms with E-state index < -0.39 is 11.0 Å². The van der Waals surface area contributed by atoms with Gasteiger partial charge in [-0.2, -0.15) is 0 Å². The van der Waals surface area contributed by atoms with E-state index in [9.17, 15) is 9.59 Å². The largest absolute Gasteiger partial charge is 0.310 e. The topological polar surface area (TPSA) is 65.7 Å². The second-order valence-corrected chi connectivity index (χ2v) is 4.74. The Morgan fingerprint density at radius 1 is 1.12 bits per heavy atom. The van der Waals surface area contributed by atoms with E-state index in [1.54, 1.807) is 0 Å². The standard InChI is InChI=1S/C12H12N2O2S/c1-8-2-4-9(5-3-8)7-17-11-6-10(15)12(16)14-13-11/h2-6H,7H2,1H3,(H,13,15)(H,14,16). The molecule has 0 bridgehead atoms. The van der Waals surface area contributed by atoms with Gasteiger partial charge in [0.2, 0.25) is 5.43 Å². The number of aromatic amines is 2. The van der Waals surface area contributed by atoms with E-state index in [1.807, 2.05) is 31.2 Å². The van der Waals surface area contributed by atoms with Crippen LogP contribution in [0.15, 0.2) is 44.9 Å². The van der Waals surface area contributed by atoms with Gasteiger partial charge in [0.1, 0.15) is 0 Å². The summed E-state index contributed by atoms with van der Waals surface area (Å²) in [6.07, 6.45) is 0. The predicted molar refractivity (Wildman–Crippen MR) is 68.4 cm³/mol. The third-order valence-electron chi connectivity index (χ3n) is 2.30. The Balaban J connectivity index is 2.07. The van der Waals surface area contributed by atoms with Crippen LogP contribution in [-0.2, 0) is 5.75 Å². The van der Waals surface area contributed by atoms with E-state index in [1.165, 1.54) is 29.0 Å². The smallest absolute Gasteiger partial charge is 0.292 e. The quantitative estimate of drug-likeness (QED) is 0.641. The Bertz CT molecular complexity index is 613. The summed E-state index contributed by atoms with van der Waals surface area (Å²) >= 11 is 1.48. The lowest BCUT2D eigenvalue weighted by atomic mass is 10.2. The minimum absolute atomic E-state index is 0.518. The summed E-state index contributed by atoms with van der Waals surface area (Å²) in [5.41, 5.74) is 1.25. The summed E-state index contributed by atoms with van der Waals surface area (Å²) in [7, 11) is 0. The van der Waals surface area contributed by atoms with Crippen molar-refractivity contribution in [3.05, 3.63) is 62.0 Å². The number of rotatable bonds is 3. The number of aromatic nitrogens is 2. The van der Waals surface area contributed by atoms with Gasteiger partial charge in [0.25, 0.3) is 0 Å². The fourth-order valence-electron chi connectivity index (χ4n) is 1.32. The van der Waals surface area contributed by atoms with Gasteiger partial charge in [-0.25, -0.2) is 0 Å². The van der Waals surface area contributed by atoms with Crippen molar-refractivity contribution < 1.29 is 0 Å². The second kappa shape index (κ2) is 5.05. The summed E-state index contributed by atoms with van der Waals surface area (Å²) in [4.78, 5) is 22.0. The molecule has 1 aromatic heterocycles. The van der Waals surface area contributed by atoms with Gasteiger partial charge in [0.05, 0.1) is 5.03 Å². The molecule has 0 radical (unpaired) electrons. The zero-order valence-electron chi connectivity index (χ0n) is 9.32. The molecule has 0 aliphatic heterocycles. The number of H-pyrrole nitrogens is 2. The lowest BCUT2D eigenvalue weighted by Gasteiger charge is -2.01. The molecule has 17 heavy (non-hydrogen) atoms. The minimum atomic E-state index is -0.621. The van der Waals surface area contributed by atoms with E-state index in [0.29, 0.717) is 5.03 Å². The predicted octanol–water partition coefficient (Wildman–Crippen LogP) is 1.66. The average Bonchev–Trinajstić information content (AvgIpc) is 2.33. The van der Waals surface area contributed by atoms with Crippen LogP contribution in [-0.4, -0.2) is 10.2 Å². The molecule has 1 heterocycles. The van der Waals surface area contributed by atoms with E-state index in [0.717, 1.165) is 5.75 Å². The van der Waals surface area contributed by atoms with Gasteiger partial charge in [-0.05, 0) is 12.5 Å². The maximum atomic E-state index is 11.1. The maximum Gasteiger partial charge on any atom is 0.310 e. The summed E-state index contributed by atoms with van der Waals surface area (Å²) in [6.45, 7) is 2.04. The van der Waals surface area contributed by atoms with Gasteiger partial charge in [0.15, 0.2) is 0 Å². The molecule has 5 heteroatoms. The normalized spacial score (nSPS) is 10.4. The van der Waals surface area contributed by atoms with Crippen LogP contribution in [0, 0.1) is 6.92 Å². The van der Waals surface area contributed by atoms with E-state index in [4.69, 9.17) is 0 Å². The monoisotopic (exact) mass is 248 g/mol. The van der Waals surface area contributed by atoms with Gasteiger partial charge in [-0.1, -0.05) is 29.8 Å². The number of aryl methyl sites for hydroxylation is 1. The van der Waals surface area contributed by atoms with Crippen molar-refractivity contribution in [2.24, 2.45) is 0 Å². The van der Waals surface area contributed by atoms with E-state index in [2.05, 4.69) is 10.2 Å². The molecule has 0 saturated heterocycles. The molecule has 0 fully saturated rings. The van der Waals surface area contributed by atoms with Crippen molar-refractivity contribution in [3.63, 3.8) is 0 Å². The summed E-state index contributed by atoms with van der Waals surface area (Å²) < 4.78 is 0. The van der Waals surface area contributed by atoms with Gasteiger partial charge in [0, 0.05) is 11.8 Å². The van der Waals surface area contributed by atoms with Crippen LogP contribution < -0.4 is 11.0 Å². The SMILES string of the molecule is Cc1ccc(CSc2cc(=O)c(=O)[nH][nH]2)cc1. The molecule has 0 aliphatic carbocycles. The van der Waals surface area contributed by atoms with Crippen LogP contribution in [0.25, 0.3) is 0 Å². The van der Waals surface area contributed by atoms with E-state index >= 15 is 0 Å². The average molecular weight is 248 g/mol. The molecule has 2 N–H and O–H groups in total. The first kappa shape index (κ1) is 11.7.